The average molecular weight is 386 g/mol. The van der Waals surface area contributed by atoms with Crippen molar-refractivity contribution in [2.24, 2.45) is 0 Å². The molecule has 0 aliphatic rings. The summed E-state index contributed by atoms with van der Waals surface area (Å²) in [6.07, 6.45) is 0. The van der Waals surface area contributed by atoms with Gasteiger partial charge in [-0.25, -0.2) is 0 Å². The topological polar surface area (TPSA) is 21.3 Å². The van der Waals surface area contributed by atoms with Gasteiger partial charge in [0.15, 0.2) is 0 Å². The lowest BCUT2D eigenvalue weighted by Crippen LogP contribution is -2.04. The summed E-state index contributed by atoms with van der Waals surface area (Å²) >= 11 is 12.2. The number of anilines is 1. The maximum absolute atomic E-state index is 6.23. The Morgan fingerprint density at radius 1 is 0.846 bits per heavy atom. The minimum atomic E-state index is 0.399. The molecule has 3 aromatic carbocycles. The third kappa shape index (κ3) is 4.72. The van der Waals surface area contributed by atoms with Gasteiger partial charge >= 0.3 is 0 Å². The largest absolute Gasteiger partial charge is 0.488 e. The third-order valence-electron chi connectivity index (χ3n) is 4.36. The van der Waals surface area contributed by atoms with E-state index in [0.717, 1.165) is 22.6 Å². The second-order valence-corrected chi connectivity index (χ2v) is 7.13. The van der Waals surface area contributed by atoms with E-state index in [1.54, 1.807) is 6.07 Å². The van der Waals surface area contributed by atoms with E-state index in [1.165, 1.54) is 11.1 Å². The Labute approximate surface area is 164 Å². The molecule has 0 bridgehead atoms. The highest BCUT2D eigenvalue weighted by atomic mass is 35.5. The number of halogens is 2. The predicted molar refractivity (Wildman–Crippen MR) is 110 cm³/mol. The number of rotatable bonds is 6. The summed E-state index contributed by atoms with van der Waals surface area (Å²) in [4.78, 5) is 0. The first-order valence-electron chi connectivity index (χ1n) is 8.48. The molecule has 2 nitrogen and oxygen atoms in total. The van der Waals surface area contributed by atoms with Gasteiger partial charge in [-0.15, -0.1) is 0 Å². The summed E-state index contributed by atoms with van der Waals surface area (Å²) in [7, 11) is 0. The molecule has 3 rings (SSSR count). The highest BCUT2D eigenvalue weighted by molar-refractivity contribution is 6.35. The molecule has 0 aliphatic heterocycles. The van der Waals surface area contributed by atoms with E-state index in [-0.39, 0.29) is 0 Å². The van der Waals surface area contributed by atoms with Crippen LogP contribution in [0.1, 0.15) is 22.3 Å². The van der Waals surface area contributed by atoms with Gasteiger partial charge in [-0.1, -0.05) is 53.5 Å². The Morgan fingerprint density at radius 2 is 1.65 bits per heavy atom. The minimum absolute atomic E-state index is 0.399. The van der Waals surface area contributed by atoms with Crippen molar-refractivity contribution in [2.75, 3.05) is 5.32 Å². The van der Waals surface area contributed by atoms with Crippen LogP contribution in [0.5, 0.6) is 5.75 Å². The smallest absolute Gasteiger partial charge is 0.124 e. The van der Waals surface area contributed by atoms with Crippen LogP contribution in [0.3, 0.4) is 0 Å². The average Bonchev–Trinajstić information content (AvgIpc) is 2.63. The first kappa shape index (κ1) is 18.6. The second-order valence-electron chi connectivity index (χ2n) is 6.28. The lowest BCUT2D eigenvalue weighted by Gasteiger charge is -2.14. The molecule has 0 spiro atoms. The van der Waals surface area contributed by atoms with Crippen LogP contribution in [0, 0.1) is 13.8 Å². The van der Waals surface area contributed by atoms with Gasteiger partial charge in [0.1, 0.15) is 12.4 Å². The number of hydrogen-bond donors (Lipinski definition) is 1. The zero-order valence-corrected chi connectivity index (χ0v) is 16.4. The molecule has 26 heavy (non-hydrogen) atoms. The molecule has 0 saturated heterocycles. The number of para-hydroxylation sites is 1. The molecule has 0 saturated carbocycles. The van der Waals surface area contributed by atoms with Crippen LogP contribution in [0.2, 0.25) is 10.0 Å². The number of benzene rings is 3. The van der Waals surface area contributed by atoms with Crippen LogP contribution in [-0.4, -0.2) is 0 Å². The molecule has 4 heteroatoms. The van der Waals surface area contributed by atoms with Crippen molar-refractivity contribution in [3.63, 3.8) is 0 Å². The summed E-state index contributed by atoms with van der Waals surface area (Å²) in [5, 5.41) is 4.70. The van der Waals surface area contributed by atoms with Crippen LogP contribution in [0.25, 0.3) is 0 Å². The van der Waals surface area contributed by atoms with Crippen LogP contribution >= 0.6 is 23.2 Å². The van der Waals surface area contributed by atoms with Crippen LogP contribution in [0.15, 0.2) is 60.7 Å². The molecule has 0 atom stereocenters. The van der Waals surface area contributed by atoms with E-state index >= 15 is 0 Å². The highest BCUT2D eigenvalue weighted by Gasteiger charge is 2.06. The monoisotopic (exact) mass is 385 g/mol. The number of ether oxygens (including phenoxy) is 1. The van der Waals surface area contributed by atoms with E-state index in [1.807, 2.05) is 30.3 Å². The summed E-state index contributed by atoms with van der Waals surface area (Å²) < 4.78 is 6.01. The summed E-state index contributed by atoms with van der Waals surface area (Å²) in [6.45, 7) is 5.32. The summed E-state index contributed by atoms with van der Waals surface area (Å²) in [5.41, 5.74) is 5.67. The predicted octanol–water partition coefficient (Wildman–Crippen LogP) is 6.80. The Morgan fingerprint density at radius 3 is 2.42 bits per heavy atom. The normalized spacial score (nSPS) is 10.6. The van der Waals surface area contributed by atoms with E-state index in [0.29, 0.717) is 23.2 Å². The maximum Gasteiger partial charge on any atom is 0.124 e. The van der Waals surface area contributed by atoms with Gasteiger partial charge in [-0.05, 0) is 55.3 Å². The SMILES string of the molecule is Cc1ccc(NCc2ccccc2OCc2ccc(Cl)cc2Cl)cc1C. The maximum atomic E-state index is 6.23. The highest BCUT2D eigenvalue weighted by Crippen LogP contribution is 2.25. The molecule has 0 amide bonds. The van der Waals surface area contributed by atoms with E-state index in [4.69, 9.17) is 27.9 Å². The fraction of sp³-hybridized carbons (Fsp3) is 0.182. The molecule has 0 heterocycles. The van der Waals surface area contributed by atoms with Gasteiger partial charge in [0.2, 0.25) is 0 Å². The van der Waals surface area contributed by atoms with Gasteiger partial charge in [0, 0.05) is 33.4 Å². The van der Waals surface area contributed by atoms with Crippen molar-refractivity contribution in [2.45, 2.75) is 27.0 Å². The fourth-order valence-electron chi connectivity index (χ4n) is 2.63. The minimum Gasteiger partial charge on any atom is -0.488 e. The van der Waals surface area contributed by atoms with Crippen molar-refractivity contribution >= 4 is 28.9 Å². The Bertz CT molecular complexity index is 908. The lowest BCUT2D eigenvalue weighted by molar-refractivity contribution is 0.303. The fourth-order valence-corrected chi connectivity index (χ4v) is 3.10. The first-order valence-corrected chi connectivity index (χ1v) is 9.24. The zero-order valence-electron chi connectivity index (χ0n) is 14.9. The van der Waals surface area contributed by atoms with Gasteiger partial charge in [0.05, 0.1) is 0 Å². The molecular formula is C22H21Cl2NO. The molecule has 0 aliphatic carbocycles. The molecule has 0 fully saturated rings. The van der Waals surface area contributed by atoms with Gasteiger partial charge in [-0.2, -0.15) is 0 Å². The molecule has 0 radical (unpaired) electrons. The van der Waals surface area contributed by atoms with Crippen molar-refractivity contribution in [1.29, 1.82) is 0 Å². The van der Waals surface area contributed by atoms with Crippen molar-refractivity contribution in [3.8, 4) is 5.75 Å². The standard InChI is InChI=1S/C22H21Cl2NO/c1-15-7-10-20(11-16(15)2)25-13-17-5-3-4-6-22(17)26-14-18-8-9-19(23)12-21(18)24/h3-12,25H,13-14H2,1-2H3. The lowest BCUT2D eigenvalue weighted by atomic mass is 10.1. The molecule has 1 N–H and O–H groups in total. The summed E-state index contributed by atoms with van der Waals surface area (Å²) in [5.74, 6) is 0.842. The van der Waals surface area contributed by atoms with Gasteiger partial charge in [-0.3, -0.25) is 0 Å². The van der Waals surface area contributed by atoms with Crippen LogP contribution in [-0.2, 0) is 13.2 Å². The Balaban J connectivity index is 1.68. The molecule has 0 unspecified atom stereocenters. The second kappa shape index (κ2) is 8.48. The van der Waals surface area contributed by atoms with E-state index in [9.17, 15) is 0 Å². The first-order chi connectivity index (χ1) is 12.5. The summed E-state index contributed by atoms with van der Waals surface area (Å²) in [6, 6.07) is 19.8. The van der Waals surface area contributed by atoms with Crippen LogP contribution < -0.4 is 10.1 Å². The zero-order chi connectivity index (χ0) is 18.5. The van der Waals surface area contributed by atoms with E-state index in [2.05, 4.69) is 43.4 Å². The van der Waals surface area contributed by atoms with Crippen LogP contribution in [0.4, 0.5) is 5.69 Å². The number of hydrogen-bond acceptors (Lipinski definition) is 2. The Kier molecular flexibility index (Phi) is 6.08. The van der Waals surface area contributed by atoms with Gasteiger partial charge < -0.3 is 10.1 Å². The van der Waals surface area contributed by atoms with E-state index < -0.39 is 0 Å². The van der Waals surface area contributed by atoms with Gasteiger partial charge in [0.25, 0.3) is 0 Å². The quantitative estimate of drug-likeness (QED) is 0.503. The number of nitrogens with one attached hydrogen (secondary N) is 1. The third-order valence-corrected chi connectivity index (χ3v) is 4.95. The van der Waals surface area contributed by atoms with Crippen molar-refractivity contribution in [3.05, 3.63) is 93.0 Å². The molecule has 0 aromatic heterocycles. The molecular weight excluding hydrogens is 365 g/mol. The van der Waals surface area contributed by atoms with Crippen molar-refractivity contribution in [1.82, 2.24) is 0 Å². The molecule has 3 aromatic rings. The van der Waals surface area contributed by atoms with Crippen molar-refractivity contribution < 1.29 is 4.74 Å². The Hall–Kier alpha value is -2.16. The number of aryl methyl sites for hydroxylation is 2. The molecule has 134 valence electrons.